The van der Waals surface area contributed by atoms with Crippen molar-refractivity contribution in [1.82, 2.24) is 15.1 Å². The molecule has 1 fully saturated rings. The summed E-state index contributed by atoms with van der Waals surface area (Å²) in [5, 5.41) is 15.5. The number of nitrogens with one attached hydrogen (secondary N) is 2. The molecule has 0 spiro atoms. The van der Waals surface area contributed by atoms with E-state index in [1.807, 2.05) is 18.2 Å². The second-order valence-electron chi connectivity index (χ2n) is 11.0. The van der Waals surface area contributed by atoms with E-state index in [9.17, 15) is 24.3 Å². The predicted octanol–water partition coefficient (Wildman–Crippen LogP) is 3.95. The number of likely N-dealkylation sites (tertiary alicyclic amines) is 1. The van der Waals surface area contributed by atoms with Crippen molar-refractivity contribution in [3.8, 4) is 5.75 Å². The number of carboxylic acid groups (broad SMARTS) is 1. The Hall–Kier alpha value is -4.86. The first-order chi connectivity index (χ1) is 20.8. The lowest BCUT2D eigenvalue weighted by atomic mass is 9.95. The Morgan fingerprint density at radius 3 is 2.40 bits per heavy atom. The van der Waals surface area contributed by atoms with E-state index in [1.54, 1.807) is 58.3 Å². The number of nitrogens with zero attached hydrogens (tertiary/aromatic N) is 2. The van der Waals surface area contributed by atoms with Gasteiger partial charge in [0, 0.05) is 38.3 Å². The van der Waals surface area contributed by atoms with E-state index >= 15 is 0 Å². The molecule has 0 saturated carbocycles. The minimum atomic E-state index is -1.14. The van der Waals surface area contributed by atoms with E-state index in [0.29, 0.717) is 55.0 Å². The number of benzene rings is 3. The molecule has 2 atom stereocenters. The normalized spacial score (nSPS) is 16.9. The van der Waals surface area contributed by atoms with Gasteiger partial charge in [-0.05, 0) is 60.2 Å². The highest BCUT2D eigenvalue weighted by atomic mass is 16.5. The lowest BCUT2D eigenvalue weighted by Crippen LogP contribution is -2.50. The number of rotatable bonds is 8. The topological polar surface area (TPSA) is 128 Å². The van der Waals surface area contributed by atoms with Gasteiger partial charge in [-0.3, -0.25) is 9.59 Å². The highest BCUT2D eigenvalue weighted by molar-refractivity contribution is 5.97. The number of carbonyl (C=O) groups is 4. The third-order valence-corrected chi connectivity index (χ3v) is 8.09. The van der Waals surface area contributed by atoms with Crippen LogP contribution in [0.1, 0.15) is 39.9 Å². The fourth-order valence-electron chi connectivity index (χ4n) is 5.69. The van der Waals surface area contributed by atoms with Crippen LogP contribution in [0, 0.1) is 5.92 Å². The molecule has 43 heavy (non-hydrogen) atoms. The largest absolute Gasteiger partial charge is 0.496 e. The molecule has 0 bridgehead atoms. The van der Waals surface area contributed by atoms with E-state index in [4.69, 9.17) is 4.74 Å². The Bertz CT molecular complexity index is 1490. The maximum absolute atomic E-state index is 13.1. The molecule has 5 rings (SSSR count). The molecular weight excluding hydrogens is 548 g/mol. The van der Waals surface area contributed by atoms with Gasteiger partial charge in [0.1, 0.15) is 11.8 Å². The zero-order valence-electron chi connectivity index (χ0n) is 24.1. The Morgan fingerprint density at radius 1 is 0.930 bits per heavy atom. The highest BCUT2D eigenvalue weighted by Crippen LogP contribution is 2.24. The summed E-state index contributed by atoms with van der Waals surface area (Å²) in [6, 6.07) is 20.7. The van der Waals surface area contributed by atoms with Crippen molar-refractivity contribution in [2.75, 3.05) is 32.1 Å². The predicted molar refractivity (Wildman–Crippen MR) is 161 cm³/mol. The SMILES string of the molecule is COc1ccccc1C(=O)N1CCCC(C(=O)N[C@@H](Cc2ccc(NC(=O)N3CCc4ccccc4C3)cc2)C(=O)O)C1. The van der Waals surface area contributed by atoms with Crippen LogP contribution in [0.2, 0.25) is 0 Å². The van der Waals surface area contributed by atoms with Crippen molar-refractivity contribution < 1.29 is 29.0 Å². The van der Waals surface area contributed by atoms with Crippen molar-refractivity contribution in [2.45, 2.75) is 38.3 Å². The Labute approximate surface area is 250 Å². The lowest BCUT2D eigenvalue weighted by Gasteiger charge is -2.33. The average Bonchev–Trinajstić information content (AvgIpc) is 3.04. The lowest BCUT2D eigenvalue weighted by molar-refractivity contribution is -0.142. The molecule has 2 aliphatic rings. The number of aliphatic carboxylic acids is 1. The van der Waals surface area contributed by atoms with Crippen molar-refractivity contribution in [2.24, 2.45) is 5.92 Å². The number of fused-ring (bicyclic) bond motifs is 1. The molecule has 3 aromatic carbocycles. The van der Waals surface area contributed by atoms with Crippen LogP contribution in [0.4, 0.5) is 10.5 Å². The van der Waals surface area contributed by atoms with Crippen molar-refractivity contribution in [3.05, 3.63) is 95.1 Å². The molecule has 2 heterocycles. The fraction of sp³-hybridized carbons (Fsp3) is 0.333. The number of hydrogen-bond acceptors (Lipinski definition) is 5. The van der Waals surface area contributed by atoms with E-state index in [-0.39, 0.29) is 24.9 Å². The molecule has 3 N–H and O–H groups in total. The number of para-hydroxylation sites is 1. The second kappa shape index (κ2) is 13.4. The van der Waals surface area contributed by atoms with E-state index in [0.717, 1.165) is 12.0 Å². The van der Waals surface area contributed by atoms with Gasteiger partial charge in [-0.1, -0.05) is 48.5 Å². The van der Waals surface area contributed by atoms with Gasteiger partial charge in [-0.25, -0.2) is 9.59 Å². The number of ether oxygens (including phenoxy) is 1. The minimum absolute atomic E-state index is 0.0782. The van der Waals surface area contributed by atoms with Crippen molar-refractivity contribution in [1.29, 1.82) is 0 Å². The summed E-state index contributed by atoms with van der Waals surface area (Å²) in [5.41, 5.74) is 4.14. The number of amides is 4. The molecule has 0 aromatic heterocycles. The molecule has 0 radical (unpaired) electrons. The van der Waals surface area contributed by atoms with Crippen LogP contribution in [0.25, 0.3) is 0 Å². The molecule has 1 unspecified atom stereocenters. The zero-order valence-corrected chi connectivity index (χ0v) is 24.1. The standard InChI is InChI=1S/C33H36N4O6/c1-43-29-11-5-4-10-27(29)31(39)36-17-6-9-25(21-36)30(38)35-28(32(40)41)19-22-12-14-26(15-13-22)34-33(42)37-18-16-23-7-2-3-8-24(23)20-37/h2-5,7-8,10-15,25,28H,6,9,16-21H2,1H3,(H,34,42)(H,35,38)(H,40,41)/t25?,28-/m0/s1. The van der Waals surface area contributed by atoms with Crippen LogP contribution in [-0.2, 0) is 29.0 Å². The van der Waals surface area contributed by atoms with Crippen LogP contribution >= 0.6 is 0 Å². The summed E-state index contributed by atoms with van der Waals surface area (Å²) >= 11 is 0. The molecule has 3 aromatic rings. The Balaban J connectivity index is 1.15. The first-order valence-electron chi connectivity index (χ1n) is 14.5. The van der Waals surface area contributed by atoms with E-state index in [1.165, 1.54) is 12.7 Å². The maximum atomic E-state index is 13.1. The van der Waals surface area contributed by atoms with Crippen LogP contribution in [0.15, 0.2) is 72.8 Å². The first-order valence-corrected chi connectivity index (χ1v) is 14.5. The van der Waals surface area contributed by atoms with E-state index in [2.05, 4.69) is 16.7 Å². The number of hydrogen-bond donors (Lipinski definition) is 3. The fourth-order valence-corrected chi connectivity index (χ4v) is 5.69. The summed E-state index contributed by atoms with van der Waals surface area (Å²) in [4.78, 5) is 54.6. The molecule has 10 heteroatoms. The number of carbonyl (C=O) groups excluding carboxylic acids is 3. The molecule has 10 nitrogen and oxygen atoms in total. The molecular formula is C33H36N4O6. The molecule has 0 aliphatic carbocycles. The number of piperidine rings is 1. The van der Waals surface area contributed by atoms with E-state index < -0.39 is 23.8 Å². The number of urea groups is 1. The zero-order chi connectivity index (χ0) is 30.3. The Kier molecular flexibility index (Phi) is 9.24. The number of methoxy groups -OCH3 is 1. The third-order valence-electron chi connectivity index (χ3n) is 8.09. The smallest absolute Gasteiger partial charge is 0.326 e. The van der Waals surface area contributed by atoms with Gasteiger partial charge < -0.3 is 30.3 Å². The van der Waals surface area contributed by atoms with Crippen LogP contribution in [0.3, 0.4) is 0 Å². The van der Waals surface area contributed by atoms with Gasteiger partial charge in [0.25, 0.3) is 5.91 Å². The number of carboxylic acids is 1. The Morgan fingerprint density at radius 2 is 1.65 bits per heavy atom. The first kappa shape index (κ1) is 29.6. The van der Waals surface area contributed by atoms with Gasteiger partial charge in [-0.2, -0.15) is 0 Å². The highest BCUT2D eigenvalue weighted by Gasteiger charge is 2.32. The average molecular weight is 585 g/mol. The molecule has 4 amide bonds. The van der Waals surface area contributed by atoms with Crippen LogP contribution in [-0.4, -0.2) is 71.5 Å². The van der Waals surface area contributed by atoms with Gasteiger partial charge in [0.15, 0.2) is 0 Å². The summed E-state index contributed by atoms with van der Waals surface area (Å²) in [7, 11) is 1.50. The summed E-state index contributed by atoms with van der Waals surface area (Å²) < 4.78 is 5.32. The summed E-state index contributed by atoms with van der Waals surface area (Å²) in [5.74, 6) is -1.81. The summed E-state index contributed by atoms with van der Waals surface area (Å²) in [6.07, 6.45) is 2.08. The van der Waals surface area contributed by atoms with Crippen LogP contribution in [0.5, 0.6) is 5.75 Å². The summed E-state index contributed by atoms with van der Waals surface area (Å²) in [6.45, 7) is 1.89. The van der Waals surface area contributed by atoms with Gasteiger partial charge in [0.05, 0.1) is 18.6 Å². The molecule has 224 valence electrons. The third kappa shape index (κ3) is 7.14. The van der Waals surface area contributed by atoms with Gasteiger partial charge in [-0.15, -0.1) is 0 Å². The van der Waals surface area contributed by atoms with Crippen molar-refractivity contribution >= 4 is 29.5 Å². The monoisotopic (exact) mass is 584 g/mol. The number of anilines is 1. The van der Waals surface area contributed by atoms with Gasteiger partial charge >= 0.3 is 12.0 Å². The molecule has 1 saturated heterocycles. The van der Waals surface area contributed by atoms with Crippen LogP contribution < -0.4 is 15.4 Å². The second-order valence-corrected chi connectivity index (χ2v) is 11.0. The molecule has 2 aliphatic heterocycles. The quantitative estimate of drug-likeness (QED) is 0.368. The van der Waals surface area contributed by atoms with Gasteiger partial charge in [0.2, 0.25) is 5.91 Å². The minimum Gasteiger partial charge on any atom is -0.496 e. The van der Waals surface area contributed by atoms with Crippen molar-refractivity contribution in [3.63, 3.8) is 0 Å². The maximum Gasteiger partial charge on any atom is 0.326 e.